The number of hydrogen-bond donors (Lipinski definition) is 0. The van der Waals surface area contributed by atoms with Gasteiger partial charge in [-0.15, -0.1) is 0 Å². The number of para-hydroxylation sites is 2. The van der Waals surface area contributed by atoms with Crippen LogP contribution in [0.15, 0.2) is 94.9 Å². The Morgan fingerprint density at radius 3 is 2.12 bits per heavy atom. The van der Waals surface area contributed by atoms with Gasteiger partial charge in [0.25, 0.3) is 5.91 Å². The minimum Gasteiger partial charge on any atom is -0.497 e. The Labute approximate surface area is 206 Å². The van der Waals surface area contributed by atoms with Crippen LogP contribution in [0.25, 0.3) is 6.08 Å². The zero-order chi connectivity index (χ0) is 23.7. The molecule has 5 rings (SSSR count). The molecule has 3 aromatic rings. The number of methoxy groups -OCH3 is 1. The van der Waals surface area contributed by atoms with Gasteiger partial charge >= 0.3 is 0 Å². The molecule has 34 heavy (non-hydrogen) atoms. The Morgan fingerprint density at radius 2 is 1.53 bits per heavy atom. The number of benzene rings is 3. The summed E-state index contributed by atoms with van der Waals surface area (Å²) in [4.78, 5) is 28.6. The standard InChI is InChI=1S/C26H21N3O3S2/c1-18(30)24-27-29(21-11-7-4-8-12-21)26(34-24)28(20-9-5-3-6-10-20)25(31)23(33-26)17-19-13-15-22(32-2)16-14-19/h3-17H,1-2H3/b23-17+/t26-/m1/s1. The average Bonchev–Trinajstić information content (AvgIpc) is 3.38. The minimum atomic E-state index is -1.01. The number of ketones is 1. The molecular weight excluding hydrogens is 466 g/mol. The number of carbonyl (C=O) groups excluding carboxylic acids is 2. The average molecular weight is 488 g/mol. The summed E-state index contributed by atoms with van der Waals surface area (Å²) in [7, 11) is 1.62. The smallest absolute Gasteiger partial charge is 0.268 e. The fourth-order valence-electron chi connectivity index (χ4n) is 3.75. The third-order valence-corrected chi connectivity index (χ3v) is 8.18. The molecule has 2 aliphatic rings. The molecule has 0 bridgehead atoms. The number of amides is 1. The van der Waals surface area contributed by atoms with Crippen molar-refractivity contribution in [2.45, 2.75) is 11.3 Å². The first-order valence-electron chi connectivity index (χ1n) is 10.6. The van der Waals surface area contributed by atoms with Crippen LogP contribution in [0.1, 0.15) is 12.5 Å². The maximum atomic E-state index is 13.9. The van der Waals surface area contributed by atoms with E-state index < -0.39 is 4.33 Å². The fraction of sp³-hybridized carbons (Fsp3) is 0.115. The number of Topliss-reactive ketones (excluding diaryl/α,β-unsaturated/α-hetero) is 1. The van der Waals surface area contributed by atoms with Crippen molar-refractivity contribution in [3.05, 3.63) is 95.4 Å². The van der Waals surface area contributed by atoms with Crippen LogP contribution in [-0.4, -0.2) is 28.2 Å². The second-order valence-corrected chi connectivity index (χ2v) is 10.3. The summed E-state index contributed by atoms with van der Waals surface area (Å²) in [6.45, 7) is 1.50. The molecule has 170 valence electrons. The van der Waals surface area contributed by atoms with Crippen molar-refractivity contribution in [3.63, 3.8) is 0 Å². The van der Waals surface area contributed by atoms with E-state index in [1.807, 2.05) is 91.0 Å². The van der Waals surface area contributed by atoms with Gasteiger partial charge in [-0.2, -0.15) is 5.10 Å². The molecule has 8 heteroatoms. The van der Waals surface area contributed by atoms with E-state index in [4.69, 9.17) is 4.74 Å². The molecule has 2 aliphatic heterocycles. The van der Waals surface area contributed by atoms with Crippen molar-refractivity contribution in [1.29, 1.82) is 0 Å². The van der Waals surface area contributed by atoms with Gasteiger partial charge in [-0.05, 0) is 59.8 Å². The van der Waals surface area contributed by atoms with Crippen molar-refractivity contribution in [2.24, 2.45) is 5.10 Å². The fourth-order valence-corrected chi connectivity index (χ4v) is 6.63. The van der Waals surface area contributed by atoms with E-state index in [-0.39, 0.29) is 11.7 Å². The van der Waals surface area contributed by atoms with Crippen molar-refractivity contribution in [1.82, 2.24) is 0 Å². The number of hydrazone groups is 1. The number of ether oxygens (including phenoxy) is 1. The van der Waals surface area contributed by atoms with E-state index in [1.54, 1.807) is 17.0 Å². The van der Waals surface area contributed by atoms with Crippen molar-refractivity contribution >= 4 is 57.7 Å². The van der Waals surface area contributed by atoms with Gasteiger partial charge in [-0.1, -0.05) is 60.3 Å². The Morgan fingerprint density at radius 1 is 0.912 bits per heavy atom. The first-order valence-corrected chi connectivity index (χ1v) is 12.2. The molecule has 0 unspecified atom stereocenters. The molecule has 1 atom stereocenters. The van der Waals surface area contributed by atoms with E-state index in [0.717, 1.165) is 22.7 Å². The highest BCUT2D eigenvalue weighted by atomic mass is 32.2. The van der Waals surface area contributed by atoms with E-state index >= 15 is 0 Å². The molecule has 1 fully saturated rings. The molecule has 6 nitrogen and oxygen atoms in total. The lowest BCUT2D eigenvalue weighted by Gasteiger charge is -2.38. The Hall–Kier alpha value is -3.49. The lowest BCUT2D eigenvalue weighted by Crippen LogP contribution is -2.51. The molecule has 0 aromatic heterocycles. The lowest BCUT2D eigenvalue weighted by molar-refractivity contribution is -0.114. The number of anilines is 2. The molecule has 1 saturated heterocycles. The molecule has 1 spiro atoms. The number of carbonyl (C=O) groups is 2. The van der Waals surface area contributed by atoms with Crippen LogP contribution >= 0.6 is 23.5 Å². The molecule has 0 radical (unpaired) electrons. The highest BCUT2D eigenvalue weighted by molar-refractivity contribution is 8.29. The molecule has 0 saturated carbocycles. The van der Waals surface area contributed by atoms with Crippen LogP contribution in [0.5, 0.6) is 5.75 Å². The van der Waals surface area contributed by atoms with Gasteiger partial charge in [0.1, 0.15) is 5.75 Å². The van der Waals surface area contributed by atoms with Crippen LogP contribution < -0.4 is 14.6 Å². The predicted octanol–water partition coefficient (Wildman–Crippen LogP) is 5.58. The van der Waals surface area contributed by atoms with Gasteiger partial charge in [0, 0.05) is 12.6 Å². The summed E-state index contributed by atoms with van der Waals surface area (Å²) < 4.78 is 4.24. The molecule has 3 aromatic carbocycles. The zero-order valence-corrected chi connectivity index (χ0v) is 20.2. The second-order valence-electron chi connectivity index (χ2n) is 7.62. The maximum absolute atomic E-state index is 13.9. The van der Waals surface area contributed by atoms with E-state index in [2.05, 4.69) is 5.10 Å². The van der Waals surface area contributed by atoms with Crippen LogP contribution in [0.4, 0.5) is 11.4 Å². The summed E-state index contributed by atoms with van der Waals surface area (Å²) in [6, 6.07) is 26.6. The van der Waals surface area contributed by atoms with Gasteiger partial charge in [0.05, 0.1) is 17.7 Å². The molecule has 2 heterocycles. The normalized spacial score (nSPS) is 20.8. The number of hydrogen-bond acceptors (Lipinski definition) is 7. The first kappa shape index (κ1) is 22.3. The van der Waals surface area contributed by atoms with Crippen LogP contribution in [0, 0.1) is 0 Å². The van der Waals surface area contributed by atoms with Gasteiger partial charge in [-0.25, -0.2) is 5.01 Å². The first-order chi connectivity index (χ1) is 16.5. The Bertz CT molecular complexity index is 1290. The van der Waals surface area contributed by atoms with Gasteiger partial charge in [-0.3, -0.25) is 14.5 Å². The molecule has 0 N–H and O–H groups in total. The highest BCUT2D eigenvalue weighted by Gasteiger charge is 2.59. The van der Waals surface area contributed by atoms with Crippen LogP contribution in [0.3, 0.4) is 0 Å². The monoisotopic (exact) mass is 487 g/mol. The summed E-state index contributed by atoms with van der Waals surface area (Å²) in [5.41, 5.74) is 2.40. The van der Waals surface area contributed by atoms with E-state index in [0.29, 0.717) is 9.95 Å². The van der Waals surface area contributed by atoms with Gasteiger partial charge in [0.15, 0.2) is 10.8 Å². The number of nitrogens with zero attached hydrogens (tertiary/aromatic N) is 3. The number of rotatable bonds is 5. The molecule has 0 aliphatic carbocycles. The van der Waals surface area contributed by atoms with E-state index in [9.17, 15) is 9.59 Å². The summed E-state index contributed by atoms with van der Waals surface area (Å²) in [5, 5.41) is 6.81. The van der Waals surface area contributed by atoms with Crippen LogP contribution in [-0.2, 0) is 9.59 Å². The predicted molar refractivity (Wildman–Crippen MR) is 140 cm³/mol. The summed E-state index contributed by atoms with van der Waals surface area (Å²) in [5.74, 6) is 0.452. The molecule has 1 amide bonds. The third kappa shape index (κ3) is 3.89. The minimum absolute atomic E-state index is 0.142. The van der Waals surface area contributed by atoms with Gasteiger partial charge in [0.2, 0.25) is 4.33 Å². The van der Waals surface area contributed by atoms with Gasteiger partial charge < -0.3 is 4.74 Å². The van der Waals surface area contributed by atoms with Crippen LogP contribution in [0.2, 0.25) is 0 Å². The largest absolute Gasteiger partial charge is 0.497 e. The molecular formula is C26H21N3O3S2. The van der Waals surface area contributed by atoms with E-state index in [1.165, 1.54) is 30.4 Å². The Kier molecular flexibility index (Phi) is 5.93. The number of thioether (sulfide) groups is 2. The topological polar surface area (TPSA) is 62.2 Å². The SMILES string of the molecule is COc1ccc(/C=C2/S[C@@]3(SC(C(C)=O)=NN3c3ccccc3)N(c3ccccc3)C2=O)cc1. The quantitative estimate of drug-likeness (QED) is 0.438. The third-order valence-electron chi connectivity index (χ3n) is 5.36. The van der Waals surface area contributed by atoms with Crippen molar-refractivity contribution < 1.29 is 14.3 Å². The summed E-state index contributed by atoms with van der Waals surface area (Å²) in [6.07, 6.45) is 1.87. The highest BCUT2D eigenvalue weighted by Crippen LogP contribution is 2.59. The zero-order valence-electron chi connectivity index (χ0n) is 18.5. The lowest BCUT2D eigenvalue weighted by atomic mass is 10.2. The Balaban J connectivity index is 1.65. The van der Waals surface area contributed by atoms with Crippen molar-refractivity contribution in [2.75, 3.05) is 17.0 Å². The second kappa shape index (κ2) is 9.04. The summed E-state index contributed by atoms with van der Waals surface area (Å²) >= 11 is 2.68. The maximum Gasteiger partial charge on any atom is 0.268 e. The van der Waals surface area contributed by atoms with Crippen molar-refractivity contribution in [3.8, 4) is 5.75 Å².